The Morgan fingerprint density at radius 3 is 2.39 bits per heavy atom. The minimum absolute atomic E-state index is 0.170. The SMILES string of the molecule is Cc1cc(C(=O)O)ccc1NC(=O)C(C)C(C)N. The Labute approximate surface area is 106 Å². The number of hydrogen-bond acceptors (Lipinski definition) is 3. The lowest BCUT2D eigenvalue weighted by Crippen LogP contribution is -2.34. The molecule has 98 valence electrons. The van der Waals surface area contributed by atoms with Gasteiger partial charge in [0.15, 0.2) is 0 Å². The number of amides is 1. The van der Waals surface area contributed by atoms with Gasteiger partial charge in [0, 0.05) is 11.7 Å². The molecule has 0 saturated carbocycles. The maximum absolute atomic E-state index is 11.8. The topological polar surface area (TPSA) is 92.4 Å². The highest BCUT2D eigenvalue weighted by Gasteiger charge is 2.17. The molecule has 1 amide bonds. The van der Waals surface area contributed by atoms with Crippen LogP contribution in [0.1, 0.15) is 29.8 Å². The molecule has 0 fully saturated rings. The van der Waals surface area contributed by atoms with Gasteiger partial charge in [0.05, 0.1) is 11.5 Å². The Hall–Kier alpha value is -1.88. The van der Waals surface area contributed by atoms with Crippen molar-refractivity contribution >= 4 is 17.6 Å². The van der Waals surface area contributed by atoms with Crippen LogP contribution in [0.3, 0.4) is 0 Å². The highest BCUT2D eigenvalue weighted by atomic mass is 16.4. The molecule has 4 N–H and O–H groups in total. The molecule has 2 atom stereocenters. The van der Waals surface area contributed by atoms with Gasteiger partial charge in [0.25, 0.3) is 0 Å². The molecule has 1 rings (SSSR count). The summed E-state index contributed by atoms with van der Waals surface area (Å²) in [5.74, 6) is -1.46. The maximum Gasteiger partial charge on any atom is 0.335 e. The molecule has 0 bridgehead atoms. The van der Waals surface area contributed by atoms with Crippen molar-refractivity contribution in [2.45, 2.75) is 26.8 Å². The zero-order chi connectivity index (χ0) is 13.9. The number of carbonyl (C=O) groups is 2. The van der Waals surface area contributed by atoms with E-state index in [1.807, 2.05) is 0 Å². The lowest BCUT2D eigenvalue weighted by atomic mass is 10.0. The molecule has 0 heterocycles. The average Bonchev–Trinajstić information content (AvgIpc) is 2.30. The number of carbonyl (C=O) groups excluding carboxylic acids is 1. The lowest BCUT2D eigenvalue weighted by molar-refractivity contribution is -0.119. The molecule has 18 heavy (non-hydrogen) atoms. The van der Waals surface area contributed by atoms with Gasteiger partial charge in [0.2, 0.25) is 5.91 Å². The number of anilines is 1. The van der Waals surface area contributed by atoms with Crippen LogP contribution in [-0.4, -0.2) is 23.0 Å². The predicted molar refractivity (Wildman–Crippen MR) is 69.6 cm³/mol. The van der Waals surface area contributed by atoms with Gasteiger partial charge < -0.3 is 16.2 Å². The molecule has 0 aliphatic carbocycles. The van der Waals surface area contributed by atoms with Gasteiger partial charge in [0.1, 0.15) is 0 Å². The Kier molecular flexibility index (Phi) is 4.44. The van der Waals surface area contributed by atoms with Crippen molar-refractivity contribution in [3.8, 4) is 0 Å². The van der Waals surface area contributed by atoms with Crippen molar-refractivity contribution in [2.24, 2.45) is 11.7 Å². The second kappa shape index (κ2) is 5.64. The van der Waals surface area contributed by atoms with E-state index in [0.29, 0.717) is 11.3 Å². The minimum atomic E-state index is -0.986. The molecule has 1 aromatic rings. The predicted octanol–water partition coefficient (Wildman–Crippen LogP) is 1.62. The quantitative estimate of drug-likeness (QED) is 0.757. The second-order valence-electron chi connectivity index (χ2n) is 4.47. The molecule has 0 saturated heterocycles. The third kappa shape index (κ3) is 3.30. The van der Waals surface area contributed by atoms with E-state index < -0.39 is 5.97 Å². The fourth-order valence-electron chi connectivity index (χ4n) is 1.42. The summed E-state index contributed by atoms with van der Waals surface area (Å²) in [6.45, 7) is 5.27. The number of carboxylic acids is 1. The maximum atomic E-state index is 11.8. The highest BCUT2D eigenvalue weighted by Crippen LogP contribution is 2.17. The van der Waals surface area contributed by atoms with Gasteiger partial charge in [-0.05, 0) is 37.6 Å². The van der Waals surface area contributed by atoms with Crippen LogP contribution in [0.4, 0.5) is 5.69 Å². The highest BCUT2D eigenvalue weighted by molar-refractivity contribution is 5.94. The zero-order valence-electron chi connectivity index (χ0n) is 10.7. The monoisotopic (exact) mass is 250 g/mol. The summed E-state index contributed by atoms with van der Waals surface area (Å²) in [4.78, 5) is 22.6. The summed E-state index contributed by atoms with van der Waals surface area (Å²) in [6.07, 6.45) is 0. The summed E-state index contributed by atoms with van der Waals surface area (Å²) in [5, 5.41) is 11.6. The van der Waals surface area contributed by atoms with Crippen molar-refractivity contribution in [3.05, 3.63) is 29.3 Å². The summed E-state index contributed by atoms with van der Waals surface area (Å²) < 4.78 is 0. The van der Waals surface area contributed by atoms with Gasteiger partial charge in [-0.1, -0.05) is 6.92 Å². The van der Waals surface area contributed by atoms with Crippen LogP contribution in [0.2, 0.25) is 0 Å². The van der Waals surface area contributed by atoms with E-state index in [1.165, 1.54) is 12.1 Å². The molecule has 0 aliphatic rings. The van der Waals surface area contributed by atoms with E-state index in [-0.39, 0.29) is 23.4 Å². The van der Waals surface area contributed by atoms with Crippen molar-refractivity contribution in [2.75, 3.05) is 5.32 Å². The fraction of sp³-hybridized carbons (Fsp3) is 0.385. The van der Waals surface area contributed by atoms with Crippen LogP contribution in [0.15, 0.2) is 18.2 Å². The van der Waals surface area contributed by atoms with E-state index in [2.05, 4.69) is 5.32 Å². The van der Waals surface area contributed by atoms with Crippen LogP contribution in [-0.2, 0) is 4.79 Å². The van der Waals surface area contributed by atoms with Gasteiger partial charge in [-0.3, -0.25) is 4.79 Å². The lowest BCUT2D eigenvalue weighted by Gasteiger charge is -2.16. The molecule has 5 nitrogen and oxygen atoms in total. The van der Waals surface area contributed by atoms with Crippen molar-refractivity contribution < 1.29 is 14.7 Å². The van der Waals surface area contributed by atoms with Gasteiger partial charge in [-0.2, -0.15) is 0 Å². The number of aryl methyl sites for hydroxylation is 1. The van der Waals surface area contributed by atoms with E-state index >= 15 is 0 Å². The minimum Gasteiger partial charge on any atom is -0.478 e. The first kappa shape index (κ1) is 14.2. The second-order valence-corrected chi connectivity index (χ2v) is 4.47. The molecule has 0 aromatic heterocycles. The number of nitrogens with one attached hydrogen (secondary N) is 1. The van der Waals surface area contributed by atoms with Crippen molar-refractivity contribution in [3.63, 3.8) is 0 Å². The van der Waals surface area contributed by atoms with E-state index in [4.69, 9.17) is 10.8 Å². The first-order valence-corrected chi connectivity index (χ1v) is 5.73. The molecule has 2 unspecified atom stereocenters. The number of carboxylic acid groups (broad SMARTS) is 1. The third-order valence-corrected chi connectivity index (χ3v) is 2.93. The van der Waals surface area contributed by atoms with Crippen LogP contribution in [0, 0.1) is 12.8 Å². The van der Waals surface area contributed by atoms with Crippen molar-refractivity contribution in [1.82, 2.24) is 0 Å². The van der Waals surface area contributed by atoms with E-state index in [9.17, 15) is 9.59 Å². The Bertz CT molecular complexity index is 469. The number of nitrogens with two attached hydrogens (primary N) is 1. The van der Waals surface area contributed by atoms with Gasteiger partial charge >= 0.3 is 5.97 Å². The number of benzene rings is 1. The molecule has 0 aliphatic heterocycles. The number of rotatable bonds is 4. The summed E-state index contributed by atoms with van der Waals surface area (Å²) in [6, 6.07) is 4.34. The normalized spacial score (nSPS) is 13.8. The average molecular weight is 250 g/mol. The van der Waals surface area contributed by atoms with Crippen LogP contribution in [0.5, 0.6) is 0 Å². The molecular formula is C13H18N2O3. The van der Waals surface area contributed by atoms with Crippen LogP contribution >= 0.6 is 0 Å². The van der Waals surface area contributed by atoms with Gasteiger partial charge in [-0.25, -0.2) is 4.79 Å². The molecule has 5 heteroatoms. The van der Waals surface area contributed by atoms with E-state index in [0.717, 1.165) is 0 Å². The van der Waals surface area contributed by atoms with Gasteiger partial charge in [-0.15, -0.1) is 0 Å². The number of hydrogen-bond donors (Lipinski definition) is 3. The summed E-state index contributed by atoms with van der Waals surface area (Å²) in [7, 11) is 0. The van der Waals surface area contributed by atoms with Crippen LogP contribution in [0.25, 0.3) is 0 Å². The Balaban J connectivity index is 2.86. The Morgan fingerprint density at radius 2 is 1.94 bits per heavy atom. The largest absolute Gasteiger partial charge is 0.478 e. The first-order valence-electron chi connectivity index (χ1n) is 5.73. The number of aromatic carboxylic acids is 1. The first-order chi connectivity index (χ1) is 8.32. The molecule has 0 spiro atoms. The van der Waals surface area contributed by atoms with Crippen LogP contribution < -0.4 is 11.1 Å². The summed E-state index contributed by atoms with van der Waals surface area (Å²) in [5.41, 5.74) is 7.17. The molecular weight excluding hydrogens is 232 g/mol. The smallest absolute Gasteiger partial charge is 0.335 e. The molecule has 0 radical (unpaired) electrons. The standard InChI is InChI=1S/C13H18N2O3/c1-7-6-10(13(17)18)4-5-11(7)15-12(16)8(2)9(3)14/h4-6,8-9H,14H2,1-3H3,(H,15,16)(H,17,18). The summed E-state index contributed by atoms with van der Waals surface area (Å²) >= 11 is 0. The fourth-order valence-corrected chi connectivity index (χ4v) is 1.42. The van der Waals surface area contributed by atoms with Crippen molar-refractivity contribution in [1.29, 1.82) is 0 Å². The molecule has 1 aromatic carbocycles. The van der Waals surface area contributed by atoms with E-state index in [1.54, 1.807) is 26.8 Å². The zero-order valence-corrected chi connectivity index (χ0v) is 10.7. The Morgan fingerprint density at radius 1 is 1.33 bits per heavy atom. The third-order valence-electron chi connectivity index (χ3n) is 2.93.